The van der Waals surface area contributed by atoms with Crippen molar-refractivity contribution in [3.8, 4) is 0 Å². The van der Waals surface area contributed by atoms with Crippen LogP contribution in [-0.2, 0) is 6.54 Å². The van der Waals surface area contributed by atoms with Gasteiger partial charge in [-0.2, -0.15) is 0 Å². The van der Waals surface area contributed by atoms with E-state index in [0.717, 1.165) is 18.7 Å². The zero-order chi connectivity index (χ0) is 12.1. The minimum atomic E-state index is 0.386. The summed E-state index contributed by atoms with van der Waals surface area (Å²) in [7, 11) is 0. The lowest BCUT2D eigenvalue weighted by Gasteiger charge is -2.16. The summed E-state index contributed by atoms with van der Waals surface area (Å²) in [5.74, 6) is 0. The molecule has 0 bridgehead atoms. The van der Waals surface area contributed by atoms with Gasteiger partial charge in [-0.15, -0.1) is 5.10 Å². The van der Waals surface area contributed by atoms with Gasteiger partial charge in [0.05, 0.1) is 5.69 Å². The summed E-state index contributed by atoms with van der Waals surface area (Å²) in [5.41, 5.74) is 3.65. The maximum atomic E-state index is 4.04. The Bertz CT molecular complexity index is 436. The topological polar surface area (TPSA) is 37.8 Å². The highest BCUT2D eigenvalue weighted by Gasteiger charge is 2.08. The molecule has 0 spiro atoms. The highest BCUT2D eigenvalue weighted by atomic mass is 32.1. The fourth-order valence-corrected chi connectivity index (χ4v) is 2.24. The fourth-order valence-electron chi connectivity index (χ4n) is 1.79. The van der Waals surface area contributed by atoms with Gasteiger partial charge in [-0.25, -0.2) is 0 Å². The summed E-state index contributed by atoms with van der Waals surface area (Å²) in [6.45, 7) is 5.08. The van der Waals surface area contributed by atoms with Gasteiger partial charge in [-0.05, 0) is 30.4 Å². The first kappa shape index (κ1) is 12.2. The molecule has 2 rings (SSSR count). The molecule has 0 radical (unpaired) electrons. The molecule has 0 aliphatic rings. The minimum absolute atomic E-state index is 0.386. The van der Waals surface area contributed by atoms with Crippen LogP contribution < -0.4 is 5.32 Å². The van der Waals surface area contributed by atoms with Crippen LogP contribution in [0.2, 0.25) is 0 Å². The molecule has 0 saturated carbocycles. The normalized spacial score (nSPS) is 12.6. The van der Waals surface area contributed by atoms with E-state index in [-0.39, 0.29) is 0 Å². The molecule has 2 aromatic rings. The molecule has 3 nitrogen and oxygen atoms in total. The Hall–Kier alpha value is -1.26. The SMILES string of the molecule is CCC(NCc1csnn1)c1ccc(C)cc1. The van der Waals surface area contributed by atoms with E-state index in [4.69, 9.17) is 0 Å². The van der Waals surface area contributed by atoms with E-state index in [1.54, 1.807) is 0 Å². The Balaban J connectivity index is 1.99. The second-order valence-electron chi connectivity index (χ2n) is 4.15. The Kier molecular flexibility index (Phi) is 4.23. The number of rotatable bonds is 5. The first-order valence-electron chi connectivity index (χ1n) is 5.85. The number of aryl methyl sites for hydroxylation is 1. The Morgan fingerprint density at radius 3 is 2.65 bits per heavy atom. The predicted molar refractivity (Wildman–Crippen MR) is 71.0 cm³/mol. The molecule has 1 heterocycles. The van der Waals surface area contributed by atoms with Gasteiger partial charge in [0.25, 0.3) is 0 Å². The average molecular weight is 247 g/mol. The quantitative estimate of drug-likeness (QED) is 0.882. The monoisotopic (exact) mass is 247 g/mol. The van der Waals surface area contributed by atoms with Crippen molar-refractivity contribution in [2.24, 2.45) is 0 Å². The molecule has 1 aromatic heterocycles. The maximum Gasteiger partial charge on any atom is 0.0893 e. The molecule has 0 aliphatic heterocycles. The molecule has 1 atom stereocenters. The first-order valence-corrected chi connectivity index (χ1v) is 6.69. The van der Waals surface area contributed by atoms with Crippen molar-refractivity contribution in [3.63, 3.8) is 0 Å². The first-order chi connectivity index (χ1) is 8.29. The van der Waals surface area contributed by atoms with Gasteiger partial charge in [-0.1, -0.05) is 41.2 Å². The number of benzene rings is 1. The third kappa shape index (κ3) is 3.35. The number of hydrogen-bond acceptors (Lipinski definition) is 4. The van der Waals surface area contributed by atoms with E-state index in [2.05, 4.69) is 53.0 Å². The van der Waals surface area contributed by atoms with Gasteiger partial charge in [0.2, 0.25) is 0 Å². The molecule has 1 unspecified atom stereocenters. The summed E-state index contributed by atoms with van der Waals surface area (Å²) in [6, 6.07) is 9.08. The van der Waals surface area contributed by atoms with Crippen molar-refractivity contribution in [3.05, 3.63) is 46.5 Å². The summed E-state index contributed by atoms with van der Waals surface area (Å²) >= 11 is 1.40. The lowest BCUT2D eigenvalue weighted by molar-refractivity contribution is 0.514. The van der Waals surface area contributed by atoms with Crippen molar-refractivity contribution in [1.29, 1.82) is 0 Å². The van der Waals surface area contributed by atoms with Crippen LogP contribution in [0.1, 0.15) is 36.2 Å². The van der Waals surface area contributed by atoms with E-state index >= 15 is 0 Å². The standard InChI is InChI=1S/C13H17N3S/c1-3-13(11-6-4-10(2)5-7-11)14-8-12-9-17-16-15-12/h4-7,9,13-14H,3,8H2,1-2H3. The van der Waals surface area contributed by atoms with Crippen LogP contribution in [0.3, 0.4) is 0 Å². The molecule has 90 valence electrons. The Labute approximate surface area is 106 Å². The van der Waals surface area contributed by atoms with Gasteiger partial charge in [0.1, 0.15) is 0 Å². The Morgan fingerprint density at radius 1 is 1.29 bits per heavy atom. The molecule has 0 aliphatic carbocycles. The van der Waals surface area contributed by atoms with Crippen LogP contribution >= 0.6 is 11.5 Å². The number of aromatic nitrogens is 2. The van der Waals surface area contributed by atoms with Crippen molar-refractivity contribution in [2.45, 2.75) is 32.9 Å². The third-order valence-corrected chi connectivity index (χ3v) is 3.38. The smallest absolute Gasteiger partial charge is 0.0893 e. The minimum Gasteiger partial charge on any atom is -0.304 e. The van der Waals surface area contributed by atoms with Crippen LogP contribution in [0, 0.1) is 6.92 Å². The average Bonchev–Trinajstić information content (AvgIpc) is 2.85. The van der Waals surface area contributed by atoms with Gasteiger partial charge in [0.15, 0.2) is 0 Å². The van der Waals surface area contributed by atoms with E-state index in [1.807, 2.05) is 5.38 Å². The zero-order valence-electron chi connectivity index (χ0n) is 10.2. The molecular weight excluding hydrogens is 230 g/mol. The molecule has 0 fully saturated rings. The lowest BCUT2D eigenvalue weighted by atomic mass is 10.0. The van der Waals surface area contributed by atoms with Gasteiger partial charge >= 0.3 is 0 Å². The fraction of sp³-hybridized carbons (Fsp3) is 0.385. The van der Waals surface area contributed by atoms with Crippen LogP contribution in [0.15, 0.2) is 29.6 Å². The highest BCUT2D eigenvalue weighted by Crippen LogP contribution is 2.17. The van der Waals surface area contributed by atoms with Crippen LogP contribution in [0.25, 0.3) is 0 Å². The zero-order valence-corrected chi connectivity index (χ0v) is 11.0. The van der Waals surface area contributed by atoms with Crippen LogP contribution in [0.5, 0.6) is 0 Å². The van der Waals surface area contributed by atoms with E-state index in [0.29, 0.717) is 6.04 Å². The predicted octanol–water partition coefficient (Wildman–Crippen LogP) is 3.09. The summed E-state index contributed by atoms with van der Waals surface area (Å²) in [6.07, 6.45) is 1.07. The lowest BCUT2D eigenvalue weighted by Crippen LogP contribution is -2.20. The second kappa shape index (κ2) is 5.89. The van der Waals surface area contributed by atoms with E-state index in [9.17, 15) is 0 Å². The van der Waals surface area contributed by atoms with Crippen molar-refractivity contribution in [2.75, 3.05) is 0 Å². The van der Waals surface area contributed by atoms with E-state index in [1.165, 1.54) is 22.7 Å². The molecule has 17 heavy (non-hydrogen) atoms. The van der Waals surface area contributed by atoms with Gasteiger partial charge in [-0.3, -0.25) is 0 Å². The van der Waals surface area contributed by atoms with Gasteiger partial charge < -0.3 is 5.32 Å². The molecular formula is C13H17N3S. The van der Waals surface area contributed by atoms with Crippen molar-refractivity contribution >= 4 is 11.5 Å². The van der Waals surface area contributed by atoms with Crippen molar-refractivity contribution in [1.82, 2.24) is 14.9 Å². The summed E-state index contributed by atoms with van der Waals surface area (Å²) in [4.78, 5) is 0. The molecule has 0 amide bonds. The summed E-state index contributed by atoms with van der Waals surface area (Å²) in [5, 5.41) is 9.53. The van der Waals surface area contributed by atoms with Crippen molar-refractivity contribution < 1.29 is 0 Å². The number of hydrogen-bond donors (Lipinski definition) is 1. The molecule has 4 heteroatoms. The highest BCUT2D eigenvalue weighted by molar-refractivity contribution is 7.03. The van der Waals surface area contributed by atoms with E-state index < -0.39 is 0 Å². The molecule has 0 saturated heterocycles. The summed E-state index contributed by atoms with van der Waals surface area (Å²) < 4.78 is 3.86. The van der Waals surface area contributed by atoms with Gasteiger partial charge in [0, 0.05) is 18.0 Å². The van der Waals surface area contributed by atoms with Crippen LogP contribution in [0.4, 0.5) is 0 Å². The number of nitrogens with zero attached hydrogens (tertiary/aromatic N) is 2. The second-order valence-corrected chi connectivity index (χ2v) is 4.76. The Morgan fingerprint density at radius 2 is 2.06 bits per heavy atom. The number of nitrogens with one attached hydrogen (secondary N) is 1. The molecule has 1 N–H and O–H groups in total. The third-order valence-electron chi connectivity index (χ3n) is 2.82. The molecule has 1 aromatic carbocycles. The largest absolute Gasteiger partial charge is 0.304 e. The van der Waals surface area contributed by atoms with Crippen LogP contribution in [-0.4, -0.2) is 9.59 Å². The maximum absolute atomic E-state index is 4.04.